The zero-order valence-corrected chi connectivity index (χ0v) is 20.8. The molecule has 4 aromatic rings. The number of hydrogen-bond donors (Lipinski definition) is 1. The molecule has 1 N–H and O–H groups in total. The summed E-state index contributed by atoms with van der Waals surface area (Å²) in [4.78, 5) is 18.4. The topological polar surface area (TPSA) is 73.6 Å². The predicted octanol–water partition coefficient (Wildman–Crippen LogP) is 5.61. The van der Waals surface area contributed by atoms with Gasteiger partial charge in [0.05, 0.1) is 30.8 Å². The quantitative estimate of drug-likeness (QED) is 0.315. The number of benzene rings is 3. The van der Waals surface area contributed by atoms with Crippen molar-refractivity contribution in [2.24, 2.45) is 0 Å². The smallest absolute Gasteiger partial charge is 0.430 e. The summed E-state index contributed by atoms with van der Waals surface area (Å²) in [6.07, 6.45) is -12.0. The van der Waals surface area contributed by atoms with E-state index in [-0.39, 0.29) is 40.1 Å². The Hall–Kier alpha value is -4.06. The highest BCUT2D eigenvalue weighted by molar-refractivity contribution is 5.82. The Bertz CT molecular complexity index is 1570. The van der Waals surface area contributed by atoms with Gasteiger partial charge in [-0.1, -0.05) is 42.5 Å². The van der Waals surface area contributed by atoms with Gasteiger partial charge in [0.1, 0.15) is 5.82 Å². The summed E-state index contributed by atoms with van der Waals surface area (Å²) in [5.74, 6) is 0.696. The molecule has 1 heterocycles. The fourth-order valence-electron chi connectivity index (χ4n) is 4.32. The van der Waals surface area contributed by atoms with E-state index in [2.05, 4.69) is 4.98 Å². The van der Waals surface area contributed by atoms with Crippen molar-refractivity contribution in [3.05, 3.63) is 93.5 Å². The molecule has 206 valence electrons. The van der Waals surface area contributed by atoms with Crippen LogP contribution in [0.4, 0.5) is 26.3 Å². The predicted molar refractivity (Wildman–Crippen MR) is 130 cm³/mol. The van der Waals surface area contributed by atoms with E-state index in [1.165, 1.54) is 33.3 Å². The van der Waals surface area contributed by atoms with Gasteiger partial charge in [-0.25, -0.2) is 4.98 Å². The molecule has 0 unspecified atom stereocenters. The van der Waals surface area contributed by atoms with Gasteiger partial charge in [0, 0.05) is 18.1 Å². The zero-order valence-electron chi connectivity index (χ0n) is 20.8. The number of rotatable bonds is 6. The lowest BCUT2D eigenvalue weighted by Gasteiger charge is -2.33. The van der Waals surface area contributed by atoms with Gasteiger partial charge in [-0.05, 0) is 30.2 Å². The molecule has 0 saturated heterocycles. The summed E-state index contributed by atoms with van der Waals surface area (Å²) in [6.45, 7) is 1.24. The fourth-order valence-corrected chi connectivity index (χ4v) is 4.32. The lowest BCUT2D eigenvalue weighted by Crippen LogP contribution is -2.54. The van der Waals surface area contributed by atoms with Gasteiger partial charge in [-0.2, -0.15) is 26.3 Å². The standard InChI is InChI=1S/C27H22F6N2O4/c1-15-11-17(25(37,26(28,29)30)27(31,32)33)9-10-20(15)35-23(12-16-7-5-4-6-8-16)34-19-14-22(39-3)21(38-2)13-18(19)24(35)36/h4-11,13-14,37H,12H2,1-3H3. The van der Waals surface area contributed by atoms with E-state index < -0.39 is 29.1 Å². The average molecular weight is 552 g/mol. The molecular formula is C27H22F6N2O4. The highest BCUT2D eigenvalue weighted by Gasteiger charge is 2.71. The molecule has 1 aromatic heterocycles. The number of methoxy groups -OCH3 is 2. The minimum absolute atomic E-state index is 0.00874. The van der Waals surface area contributed by atoms with Gasteiger partial charge in [-0.3, -0.25) is 9.36 Å². The molecule has 0 aliphatic carbocycles. The van der Waals surface area contributed by atoms with Crippen LogP contribution in [0.15, 0.2) is 65.5 Å². The van der Waals surface area contributed by atoms with E-state index in [0.717, 1.165) is 16.2 Å². The zero-order chi connectivity index (χ0) is 28.8. The largest absolute Gasteiger partial charge is 0.493 e. The molecule has 0 radical (unpaired) electrons. The number of hydrogen-bond acceptors (Lipinski definition) is 5. The Morgan fingerprint density at radius 1 is 0.872 bits per heavy atom. The van der Waals surface area contributed by atoms with Crippen LogP contribution in [-0.2, 0) is 12.0 Å². The first kappa shape index (κ1) is 28.0. The molecule has 6 nitrogen and oxygen atoms in total. The third-order valence-corrected chi connectivity index (χ3v) is 6.32. The van der Waals surface area contributed by atoms with E-state index in [1.807, 2.05) is 0 Å². The Kier molecular flexibility index (Phi) is 7.11. The number of fused-ring (bicyclic) bond motifs is 1. The number of nitrogens with zero attached hydrogens (tertiary/aromatic N) is 2. The van der Waals surface area contributed by atoms with Crippen LogP contribution in [0, 0.1) is 6.92 Å². The third-order valence-electron chi connectivity index (χ3n) is 6.32. The summed E-state index contributed by atoms with van der Waals surface area (Å²) in [5, 5.41) is 9.92. The summed E-state index contributed by atoms with van der Waals surface area (Å²) >= 11 is 0. The summed E-state index contributed by atoms with van der Waals surface area (Å²) < 4.78 is 92.5. The molecule has 0 fully saturated rings. The Balaban J connectivity index is 2.00. The molecule has 12 heteroatoms. The van der Waals surface area contributed by atoms with Gasteiger partial charge < -0.3 is 14.6 Å². The van der Waals surface area contributed by atoms with E-state index in [9.17, 15) is 36.2 Å². The van der Waals surface area contributed by atoms with Crippen LogP contribution in [0.1, 0.15) is 22.5 Å². The number of aryl methyl sites for hydroxylation is 1. The maximum Gasteiger partial charge on any atom is 0.430 e. The van der Waals surface area contributed by atoms with Crippen LogP contribution in [0.25, 0.3) is 16.6 Å². The Morgan fingerprint density at radius 2 is 1.46 bits per heavy atom. The van der Waals surface area contributed by atoms with Crippen LogP contribution < -0.4 is 15.0 Å². The third kappa shape index (κ3) is 4.80. The molecule has 4 rings (SSSR count). The second-order valence-corrected chi connectivity index (χ2v) is 8.76. The van der Waals surface area contributed by atoms with Gasteiger partial charge in [0.15, 0.2) is 11.5 Å². The van der Waals surface area contributed by atoms with Crippen molar-refractivity contribution in [1.82, 2.24) is 9.55 Å². The first-order valence-electron chi connectivity index (χ1n) is 11.4. The van der Waals surface area contributed by atoms with Crippen molar-refractivity contribution in [1.29, 1.82) is 0 Å². The monoisotopic (exact) mass is 552 g/mol. The van der Waals surface area contributed by atoms with Crippen LogP contribution >= 0.6 is 0 Å². The van der Waals surface area contributed by atoms with Gasteiger partial charge in [0.25, 0.3) is 11.2 Å². The van der Waals surface area contributed by atoms with E-state index >= 15 is 0 Å². The minimum Gasteiger partial charge on any atom is -0.493 e. The summed E-state index contributed by atoms with van der Waals surface area (Å²) in [7, 11) is 2.77. The lowest BCUT2D eigenvalue weighted by atomic mass is 9.90. The second-order valence-electron chi connectivity index (χ2n) is 8.76. The minimum atomic E-state index is -6.05. The summed E-state index contributed by atoms with van der Waals surface area (Å²) in [5.41, 5.74) is -6.31. The van der Waals surface area contributed by atoms with E-state index in [0.29, 0.717) is 17.9 Å². The maximum atomic E-state index is 13.8. The number of aliphatic hydroxyl groups is 1. The molecule has 0 bridgehead atoms. The molecule has 39 heavy (non-hydrogen) atoms. The van der Waals surface area contributed by atoms with Gasteiger partial charge in [-0.15, -0.1) is 0 Å². The van der Waals surface area contributed by atoms with Crippen LogP contribution in [-0.4, -0.2) is 41.2 Å². The number of aromatic nitrogens is 2. The molecule has 0 aliphatic rings. The molecular weight excluding hydrogens is 530 g/mol. The molecule has 3 aromatic carbocycles. The number of halogens is 6. The highest BCUT2D eigenvalue weighted by Crippen LogP contribution is 2.50. The van der Waals surface area contributed by atoms with Gasteiger partial charge >= 0.3 is 12.4 Å². The molecule has 0 saturated carbocycles. The molecule has 0 atom stereocenters. The summed E-state index contributed by atoms with van der Waals surface area (Å²) in [6, 6.07) is 13.7. The normalized spacial score (nSPS) is 12.6. The van der Waals surface area contributed by atoms with Crippen LogP contribution in [0.3, 0.4) is 0 Å². The highest BCUT2D eigenvalue weighted by atomic mass is 19.4. The van der Waals surface area contributed by atoms with Crippen LogP contribution in [0.5, 0.6) is 11.5 Å². The van der Waals surface area contributed by atoms with Crippen LogP contribution in [0.2, 0.25) is 0 Å². The fraction of sp³-hybridized carbons (Fsp3) is 0.259. The molecule has 0 aliphatic heterocycles. The second kappa shape index (κ2) is 9.92. The van der Waals surface area contributed by atoms with E-state index in [4.69, 9.17) is 9.47 Å². The van der Waals surface area contributed by atoms with Gasteiger partial charge in [0.2, 0.25) is 0 Å². The molecule has 0 spiro atoms. The average Bonchev–Trinajstić information content (AvgIpc) is 2.87. The molecule has 0 amide bonds. The van der Waals surface area contributed by atoms with Crippen molar-refractivity contribution < 1.29 is 40.9 Å². The number of ether oxygens (including phenoxy) is 2. The van der Waals surface area contributed by atoms with Crippen molar-refractivity contribution in [2.75, 3.05) is 14.2 Å². The van der Waals surface area contributed by atoms with E-state index in [1.54, 1.807) is 30.3 Å². The van der Waals surface area contributed by atoms with Crippen molar-refractivity contribution in [3.8, 4) is 17.2 Å². The lowest BCUT2D eigenvalue weighted by molar-refractivity contribution is -0.376. The first-order chi connectivity index (χ1) is 18.2. The Morgan fingerprint density at radius 3 is 2.00 bits per heavy atom. The van der Waals surface area contributed by atoms with Crippen molar-refractivity contribution >= 4 is 10.9 Å². The SMILES string of the molecule is COc1cc2nc(Cc3ccccc3)n(-c3ccc(C(O)(C(F)(F)F)C(F)(F)F)cc3C)c(=O)c2cc1OC. The first-order valence-corrected chi connectivity index (χ1v) is 11.4. The van der Waals surface area contributed by atoms with Crippen molar-refractivity contribution in [3.63, 3.8) is 0 Å². The number of alkyl halides is 6. The Labute approximate surface area is 218 Å². The maximum absolute atomic E-state index is 13.8. The van der Waals surface area contributed by atoms with Crippen molar-refractivity contribution in [2.45, 2.75) is 31.3 Å².